The Hall–Kier alpha value is -1.09. The summed E-state index contributed by atoms with van der Waals surface area (Å²) in [6.45, 7) is 9.44. The predicted molar refractivity (Wildman–Crippen MR) is 72.3 cm³/mol. The lowest BCUT2D eigenvalue weighted by molar-refractivity contribution is 0.567. The first-order chi connectivity index (χ1) is 8.00. The SMILES string of the molecule is CC(C)(C)c1cc(CN)cc(N2CCCC2)n1. The van der Waals surface area contributed by atoms with Gasteiger partial charge in [0.15, 0.2) is 0 Å². The number of aromatic nitrogens is 1. The molecule has 0 spiro atoms. The largest absolute Gasteiger partial charge is 0.357 e. The van der Waals surface area contributed by atoms with Gasteiger partial charge in [0.1, 0.15) is 5.82 Å². The summed E-state index contributed by atoms with van der Waals surface area (Å²) in [5.74, 6) is 1.11. The van der Waals surface area contributed by atoms with Crippen LogP contribution in [-0.4, -0.2) is 18.1 Å². The van der Waals surface area contributed by atoms with Gasteiger partial charge in [-0.2, -0.15) is 0 Å². The van der Waals surface area contributed by atoms with Crippen LogP contribution in [0.25, 0.3) is 0 Å². The minimum Gasteiger partial charge on any atom is -0.357 e. The van der Waals surface area contributed by atoms with Crippen molar-refractivity contribution in [1.82, 2.24) is 4.98 Å². The maximum Gasteiger partial charge on any atom is 0.129 e. The van der Waals surface area contributed by atoms with E-state index in [0.29, 0.717) is 6.54 Å². The molecule has 17 heavy (non-hydrogen) atoms. The van der Waals surface area contributed by atoms with Gasteiger partial charge in [-0.25, -0.2) is 4.98 Å². The van der Waals surface area contributed by atoms with E-state index in [1.165, 1.54) is 18.4 Å². The average molecular weight is 233 g/mol. The van der Waals surface area contributed by atoms with Gasteiger partial charge in [0.2, 0.25) is 0 Å². The summed E-state index contributed by atoms with van der Waals surface area (Å²) < 4.78 is 0. The molecule has 0 amide bonds. The summed E-state index contributed by atoms with van der Waals surface area (Å²) in [5, 5.41) is 0. The van der Waals surface area contributed by atoms with Crippen LogP contribution in [0.5, 0.6) is 0 Å². The smallest absolute Gasteiger partial charge is 0.129 e. The summed E-state index contributed by atoms with van der Waals surface area (Å²) >= 11 is 0. The molecule has 0 bridgehead atoms. The molecule has 94 valence electrons. The first-order valence-corrected chi connectivity index (χ1v) is 6.47. The van der Waals surface area contributed by atoms with Crippen LogP contribution in [0.2, 0.25) is 0 Å². The fraction of sp³-hybridized carbons (Fsp3) is 0.643. The van der Waals surface area contributed by atoms with Crippen LogP contribution >= 0.6 is 0 Å². The van der Waals surface area contributed by atoms with E-state index in [0.717, 1.165) is 24.6 Å². The topological polar surface area (TPSA) is 42.1 Å². The van der Waals surface area contributed by atoms with E-state index < -0.39 is 0 Å². The van der Waals surface area contributed by atoms with Crippen LogP contribution in [0.15, 0.2) is 12.1 Å². The van der Waals surface area contributed by atoms with Crippen molar-refractivity contribution in [2.75, 3.05) is 18.0 Å². The Labute approximate surface area is 104 Å². The van der Waals surface area contributed by atoms with E-state index >= 15 is 0 Å². The molecule has 1 saturated heterocycles. The van der Waals surface area contributed by atoms with E-state index in [-0.39, 0.29) is 5.41 Å². The fourth-order valence-corrected chi connectivity index (χ4v) is 2.18. The highest BCUT2D eigenvalue weighted by molar-refractivity contribution is 5.44. The second-order valence-corrected chi connectivity index (χ2v) is 5.87. The highest BCUT2D eigenvalue weighted by Crippen LogP contribution is 2.26. The second kappa shape index (κ2) is 4.65. The Bertz CT molecular complexity index is 387. The van der Waals surface area contributed by atoms with Crippen molar-refractivity contribution in [2.24, 2.45) is 5.73 Å². The zero-order valence-corrected chi connectivity index (χ0v) is 11.2. The Kier molecular flexibility index (Phi) is 3.38. The van der Waals surface area contributed by atoms with Gasteiger partial charge in [-0.3, -0.25) is 0 Å². The van der Waals surface area contributed by atoms with Gasteiger partial charge in [0, 0.05) is 30.7 Å². The summed E-state index contributed by atoms with van der Waals surface area (Å²) in [7, 11) is 0. The molecule has 3 heteroatoms. The van der Waals surface area contributed by atoms with Gasteiger partial charge >= 0.3 is 0 Å². The molecule has 1 fully saturated rings. The highest BCUT2D eigenvalue weighted by atomic mass is 15.2. The third-order valence-electron chi connectivity index (χ3n) is 3.31. The number of nitrogens with zero attached hydrogens (tertiary/aromatic N) is 2. The van der Waals surface area contributed by atoms with Gasteiger partial charge in [-0.15, -0.1) is 0 Å². The lowest BCUT2D eigenvalue weighted by atomic mass is 9.90. The molecule has 2 heterocycles. The standard InChI is InChI=1S/C14H23N3/c1-14(2,3)12-8-11(10-15)9-13(16-12)17-6-4-5-7-17/h8-9H,4-7,10,15H2,1-3H3. The zero-order chi connectivity index (χ0) is 12.5. The number of nitrogens with two attached hydrogens (primary N) is 1. The van der Waals surface area contributed by atoms with Crippen molar-refractivity contribution in [2.45, 2.75) is 45.6 Å². The first kappa shape index (κ1) is 12.4. The Morgan fingerprint density at radius 3 is 2.41 bits per heavy atom. The third-order valence-corrected chi connectivity index (χ3v) is 3.31. The van der Waals surface area contributed by atoms with Crippen LogP contribution in [-0.2, 0) is 12.0 Å². The Morgan fingerprint density at radius 2 is 1.88 bits per heavy atom. The minimum absolute atomic E-state index is 0.0830. The molecular weight excluding hydrogens is 210 g/mol. The quantitative estimate of drug-likeness (QED) is 0.853. The second-order valence-electron chi connectivity index (χ2n) is 5.87. The molecule has 3 nitrogen and oxygen atoms in total. The molecule has 0 saturated carbocycles. The predicted octanol–water partition coefficient (Wildman–Crippen LogP) is 2.44. The lowest BCUT2D eigenvalue weighted by Gasteiger charge is -2.23. The van der Waals surface area contributed by atoms with Crippen molar-refractivity contribution >= 4 is 5.82 Å². The molecule has 1 aromatic heterocycles. The maximum atomic E-state index is 5.78. The lowest BCUT2D eigenvalue weighted by Crippen LogP contribution is -2.22. The first-order valence-electron chi connectivity index (χ1n) is 6.47. The van der Waals surface area contributed by atoms with Gasteiger partial charge in [-0.1, -0.05) is 20.8 Å². The molecular formula is C14H23N3. The molecule has 0 aromatic carbocycles. The number of rotatable bonds is 2. The van der Waals surface area contributed by atoms with Crippen molar-refractivity contribution in [3.63, 3.8) is 0 Å². The molecule has 1 aromatic rings. The van der Waals surface area contributed by atoms with Crippen LogP contribution in [0.3, 0.4) is 0 Å². The van der Waals surface area contributed by atoms with Crippen molar-refractivity contribution < 1.29 is 0 Å². The molecule has 0 unspecified atom stereocenters. The van der Waals surface area contributed by atoms with E-state index in [4.69, 9.17) is 10.7 Å². The van der Waals surface area contributed by atoms with Crippen LogP contribution in [0.1, 0.15) is 44.9 Å². The molecule has 0 radical (unpaired) electrons. The van der Waals surface area contributed by atoms with Gasteiger partial charge < -0.3 is 10.6 Å². The Balaban J connectivity index is 2.38. The maximum absolute atomic E-state index is 5.78. The number of hydrogen-bond donors (Lipinski definition) is 1. The van der Waals surface area contributed by atoms with Crippen LogP contribution in [0, 0.1) is 0 Å². The van der Waals surface area contributed by atoms with Gasteiger partial charge in [-0.05, 0) is 30.5 Å². The van der Waals surface area contributed by atoms with Crippen molar-refractivity contribution in [1.29, 1.82) is 0 Å². The molecule has 0 atom stereocenters. The summed E-state index contributed by atoms with van der Waals surface area (Å²) in [6, 6.07) is 4.28. The molecule has 1 aliphatic rings. The fourth-order valence-electron chi connectivity index (χ4n) is 2.18. The third kappa shape index (κ3) is 2.78. The van der Waals surface area contributed by atoms with Gasteiger partial charge in [0.05, 0.1) is 0 Å². The van der Waals surface area contributed by atoms with E-state index in [2.05, 4.69) is 37.8 Å². The van der Waals surface area contributed by atoms with E-state index in [9.17, 15) is 0 Å². The normalized spacial score (nSPS) is 16.6. The van der Waals surface area contributed by atoms with E-state index in [1.807, 2.05) is 0 Å². The monoisotopic (exact) mass is 233 g/mol. The van der Waals surface area contributed by atoms with Crippen molar-refractivity contribution in [3.8, 4) is 0 Å². The average Bonchev–Trinajstić information content (AvgIpc) is 2.80. The zero-order valence-electron chi connectivity index (χ0n) is 11.2. The highest BCUT2D eigenvalue weighted by Gasteiger charge is 2.20. The van der Waals surface area contributed by atoms with Crippen LogP contribution < -0.4 is 10.6 Å². The summed E-state index contributed by atoms with van der Waals surface area (Å²) in [6.07, 6.45) is 2.55. The van der Waals surface area contributed by atoms with Crippen LogP contribution in [0.4, 0.5) is 5.82 Å². The molecule has 2 N–H and O–H groups in total. The number of hydrogen-bond acceptors (Lipinski definition) is 3. The summed E-state index contributed by atoms with van der Waals surface area (Å²) in [5.41, 5.74) is 8.19. The molecule has 0 aliphatic carbocycles. The Morgan fingerprint density at radius 1 is 1.24 bits per heavy atom. The van der Waals surface area contributed by atoms with Gasteiger partial charge in [0.25, 0.3) is 0 Å². The summed E-state index contributed by atoms with van der Waals surface area (Å²) in [4.78, 5) is 7.17. The number of anilines is 1. The molecule has 1 aliphatic heterocycles. The molecule has 2 rings (SSSR count). The van der Waals surface area contributed by atoms with E-state index in [1.54, 1.807) is 0 Å². The minimum atomic E-state index is 0.0830. The van der Waals surface area contributed by atoms with Crippen molar-refractivity contribution in [3.05, 3.63) is 23.4 Å². The number of pyridine rings is 1.